The molecule has 168 valence electrons. The predicted octanol–water partition coefficient (Wildman–Crippen LogP) is 5.24. The van der Waals surface area contributed by atoms with Gasteiger partial charge in [0.2, 0.25) is 0 Å². The van der Waals surface area contributed by atoms with Gasteiger partial charge in [-0.25, -0.2) is 9.97 Å². The highest BCUT2D eigenvalue weighted by Crippen LogP contribution is 2.37. The predicted molar refractivity (Wildman–Crippen MR) is 126 cm³/mol. The molecule has 32 heavy (non-hydrogen) atoms. The Morgan fingerprint density at radius 2 is 1.84 bits per heavy atom. The van der Waals surface area contributed by atoms with Crippen LogP contribution in [0.15, 0.2) is 48.9 Å². The maximum Gasteiger partial charge on any atom is 0.161 e. The molecule has 6 nitrogen and oxygen atoms in total. The summed E-state index contributed by atoms with van der Waals surface area (Å²) < 4.78 is 10.9. The molecule has 0 N–H and O–H groups in total. The van der Waals surface area contributed by atoms with Crippen molar-refractivity contribution in [3.05, 3.63) is 66.0 Å². The molecule has 3 aromatic rings. The van der Waals surface area contributed by atoms with E-state index in [2.05, 4.69) is 33.9 Å². The van der Waals surface area contributed by atoms with Gasteiger partial charge in [0.1, 0.15) is 5.82 Å². The average molecular weight is 433 g/mol. The summed E-state index contributed by atoms with van der Waals surface area (Å²) in [5, 5.41) is 0. The van der Waals surface area contributed by atoms with Gasteiger partial charge >= 0.3 is 0 Å². The van der Waals surface area contributed by atoms with Crippen LogP contribution in [0.2, 0.25) is 0 Å². The van der Waals surface area contributed by atoms with Gasteiger partial charge < -0.3 is 9.47 Å². The smallest absolute Gasteiger partial charge is 0.161 e. The number of likely N-dealkylation sites (tertiary alicyclic amines) is 1. The van der Waals surface area contributed by atoms with E-state index in [1.54, 1.807) is 14.2 Å². The molecule has 0 unspecified atom stereocenters. The minimum atomic E-state index is 0.249. The summed E-state index contributed by atoms with van der Waals surface area (Å²) in [5.41, 5.74) is 4.57. The Morgan fingerprint density at radius 1 is 1.03 bits per heavy atom. The standard InChI is InChI=1S/C26H32N4O2/c1-4-7-25-28-17-21(20-11-13-27-14-12-20)26(29-25)22-8-5-6-15-30(22)18-19-9-10-23(31-2)24(16-19)32-3/h9-14,16-17,22H,4-8,15,18H2,1-3H3/t22-/m1/s1. The molecular formula is C26H32N4O2. The van der Waals surface area contributed by atoms with Crippen LogP contribution < -0.4 is 9.47 Å². The Balaban J connectivity index is 1.69. The van der Waals surface area contributed by atoms with Crippen LogP contribution in [0.3, 0.4) is 0 Å². The number of piperidine rings is 1. The first-order chi connectivity index (χ1) is 15.7. The van der Waals surface area contributed by atoms with Crippen molar-refractivity contribution in [3.63, 3.8) is 0 Å². The zero-order chi connectivity index (χ0) is 22.3. The van der Waals surface area contributed by atoms with Crippen molar-refractivity contribution < 1.29 is 9.47 Å². The third-order valence-electron chi connectivity index (χ3n) is 6.10. The van der Waals surface area contributed by atoms with Gasteiger partial charge in [0.15, 0.2) is 11.5 Å². The summed E-state index contributed by atoms with van der Waals surface area (Å²) in [6.45, 7) is 4.06. The highest BCUT2D eigenvalue weighted by atomic mass is 16.5. The zero-order valence-electron chi connectivity index (χ0n) is 19.3. The number of aromatic nitrogens is 3. The van der Waals surface area contributed by atoms with Gasteiger partial charge in [-0.2, -0.15) is 0 Å². The molecule has 0 aliphatic carbocycles. The van der Waals surface area contributed by atoms with Crippen molar-refractivity contribution in [2.75, 3.05) is 20.8 Å². The second-order valence-electron chi connectivity index (χ2n) is 8.24. The fourth-order valence-corrected chi connectivity index (χ4v) is 4.49. The summed E-state index contributed by atoms with van der Waals surface area (Å²) in [5.74, 6) is 2.45. The number of pyridine rings is 1. The van der Waals surface area contributed by atoms with E-state index in [1.165, 1.54) is 18.4 Å². The van der Waals surface area contributed by atoms with Gasteiger partial charge in [0.25, 0.3) is 0 Å². The number of nitrogens with zero attached hydrogens (tertiary/aromatic N) is 4. The van der Waals surface area contributed by atoms with Crippen molar-refractivity contribution in [1.82, 2.24) is 19.9 Å². The van der Waals surface area contributed by atoms with Crippen molar-refractivity contribution in [3.8, 4) is 22.6 Å². The number of hydrogen-bond acceptors (Lipinski definition) is 6. The van der Waals surface area contributed by atoms with E-state index in [9.17, 15) is 0 Å². The van der Waals surface area contributed by atoms with E-state index < -0.39 is 0 Å². The van der Waals surface area contributed by atoms with E-state index in [1.807, 2.05) is 36.8 Å². The number of benzene rings is 1. The van der Waals surface area contributed by atoms with Crippen LogP contribution in [0.25, 0.3) is 11.1 Å². The van der Waals surface area contributed by atoms with Gasteiger partial charge in [-0.05, 0) is 61.2 Å². The largest absolute Gasteiger partial charge is 0.493 e. The Kier molecular flexibility index (Phi) is 7.32. The van der Waals surface area contributed by atoms with Crippen molar-refractivity contribution in [1.29, 1.82) is 0 Å². The molecule has 1 atom stereocenters. The number of rotatable bonds is 8. The molecule has 3 heterocycles. The van der Waals surface area contributed by atoms with Crippen LogP contribution in [0, 0.1) is 0 Å². The van der Waals surface area contributed by atoms with Gasteiger partial charge in [-0.1, -0.05) is 19.4 Å². The van der Waals surface area contributed by atoms with E-state index >= 15 is 0 Å². The maximum absolute atomic E-state index is 5.53. The lowest BCUT2D eigenvalue weighted by Gasteiger charge is -2.36. The third kappa shape index (κ3) is 4.91. The minimum Gasteiger partial charge on any atom is -0.493 e. The summed E-state index contributed by atoms with van der Waals surface area (Å²) in [4.78, 5) is 16.5. The molecule has 0 amide bonds. The molecular weight excluding hydrogens is 400 g/mol. The molecule has 0 saturated carbocycles. The van der Waals surface area contributed by atoms with Crippen LogP contribution in [-0.2, 0) is 13.0 Å². The summed E-state index contributed by atoms with van der Waals surface area (Å²) in [6.07, 6.45) is 11.1. The molecule has 1 aromatic carbocycles. The Hall–Kier alpha value is -2.99. The SMILES string of the molecule is CCCc1ncc(-c2ccncc2)c([C@H]2CCCCN2Cc2ccc(OC)c(OC)c2)n1. The molecule has 1 fully saturated rings. The van der Waals surface area contributed by atoms with Crippen LogP contribution in [0.1, 0.15) is 55.7 Å². The first-order valence-corrected chi connectivity index (χ1v) is 11.4. The van der Waals surface area contributed by atoms with Gasteiger partial charge in [-0.15, -0.1) is 0 Å². The second-order valence-corrected chi connectivity index (χ2v) is 8.24. The van der Waals surface area contributed by atoms with Crippen LogP contribution in [0.4, 0.5) is 0 Å². The molecule has 2 aromatic heterocycles. The highest BCUT2D eigenvalue weighted by Gasteiger charge is 2.28. The van der Waals surface area contributed by atoms with E-state index in [0.717, 1.165) is 66.5 Å². The van der Waals surface area contributed by atoms with Crippen LogP contribution in [0.5, 0.6) is 11.5 Å². The normalized spacial score (nSPS) is 16.7. The molecule has 6 heteroatoms. The first-order valence-electron chi connectivity index (χ1n) is 11.4. The van der Waals surface area contributed by atoms with Crippen molar-refractivity contribution in [2.45, 2.75) is 51.6 Å². The van der Waals surface area contributed by atoms with Crippen molar-refractivity contribution in [2.24, 2.45) is 0 Å². The maximum atomic E-state index is 5.53. The number of hydrogen-bond donors (Lipinski definition) is 0. The van der Waals surface area contributed by atoms with E-state index in [0.29, 0.717) is 0 Å². The fraction of sp³-hybridized carbons (Fsp3) is 0.423. The van der Waals surface area contributed by atoms with Crippen molar-refractivity contribution >= 4 is 0 Å². The Bertz CT molecular complexity index is 1030. The zero-order valence-corrected chi connectivity index (χ0v) is 19.3. The Morgan fingerprint density at radius 3 is 2.59 bits per heavy atom. The Labute approximate surface area is 190 Å². The monoisotopic (exact) mass is 432 g/mol. The molecule has 1 saturated heterocycles. The van der Waals surface area contributed by atoms with Crippen LogP contribution >= 0.6 is 0 Å². The molecule has 4 rings (SSSR count). The molecule has 1 aliphatic heterocycles. The first kappa shape index (κ1) is 22.2. The van der Waals surface area contributed by atoms with Gasteiger partial charge in [-0.3, -0.25) is 9.88 Å². The lowest BCUT2D eigenvalue weighted by Crippen LogP contribution is -2.34. The minimum absolute atomic E-state index is 0.249. The average Bonchev–Trinajstić information content (AvgIpc) is 2.85. The van der Waals surface area contributed by atoms with Crippen LogP contribution in [-0.4, -0.2) is 40.6 Å². The molecule has 0 radical (unpaired) electrons. The topological polar surface area (TPSA) is 60.4 Å². The lowest BCUT2D eigenvalue weighted by molar-refractivity contribution is 0.137. The highest BCUT2D eigenvalue weighted by molar-refractivity contribution is 5.65. The number of aryl methyl sites for hydroxylation is 1. The van der Waals surface area contributed by atoms with E-state index in [4.69, 9.17) is 14.5 Å². The quantitative estimate of drug-likeness (QED) is 0.485. The lowest BCUT2D eigenvalue weighted by atomic mass is 9.93. The molecule has 0 bridgehead atoms. The summed E-state index contributed by atoms with van der Waals surface area (Å²) in [6, 6.07) is 10.5. The fourth-order valence-electron chi connectivity index (χ4n) is 4.49. The molecule has 1 aliphatic rings. The summed E-state index contributed by atoms with van der Waals surface area (Å²) >= 11 is 0. The number of methoxy groups -OCH3 is 2. The van der Waals surface area contributed by atoms with E-state index in [-0.39, 0.29) is 6.04 Å². The van der Waals surface area contributed by atoms with Gasteiger partial charge in [0.05, 0.1) is 26.0 Å². The van der Waals surface area contributed by atoms with Gasteiger partial charge in [0, 0.05) is 37.1 Å². The second kappa shape index (κ2) is 10.6. The third-order valence-corrected chi connectivity index (χ3v) is 6.10. The molecule has 0 spiro atoms. The summed E-state index contributed by atoms with van der Waals surface area (Å²) in [7, 11) is 3.35. The number of ether oxygens (including phenoxy) is 2.